The highest BCUT2D eigenvalue weighted by Crippen LogP contribution is 2.38. The highest BCUT2D eigenvalue weighted by Gasteiger charge is 2.28. The quantitative estimate of drug-likeness (QED) is 0.266. The molecular formula is C25H37ClF2N6O5S. The van der Waals surface area contributed by atoms with Crippen molar-refractivity contribution in [3.63, 3.8) is 0 Å². The second-order valence-electron chi connectivity index (χ2n) is 11.1. The molecule has 11 nitrogen and oxygen atoms in total. The molecule has 0 radical (unpaired) electrons. The Bertz CT molecular complexity index is 1280. The average molecular weight is 607 g/mol. The first-order chi connectivity index (χ1) is 18.7. The summed E-state index contributed by atoms with van der Waals surface area (Å²) in [5, 5.41) is 18.7. The summed E-state index contributed by atoms with van der Waals surface area (Å²) in [7, 11) is -3.76. The number of ether oxygens (including phenoxy) is 1. The molecule has 0 bridgehead atoms. The Morgan fingerprint density at radius 3 is 2.52 bits per heavy atom. The molecule has 1 saturated carbocycles. The molecule has 2 aromatic rings. The Labute approximate surface area is 238 Å². The van der Waals surface area contributed by atoms with E-state index in [0.717, 1.165) is 12.8 Å². The fourth-order valence-corrected chi connectivity index (χ4v) is 5.55. The van der Waals surface area contributed by atoms with Crippen molar-refractivity contribution in [3.8, 4) is 17.0 Å². The zero-order chi connectivity index (χ0) is 29.7. The van der Waals surface area contributed by atoms with E-state index in [2.05, 4.69) is 20.7 Å². The number of nitrogens with one attached hydrogen (secondary N) is 3. The number of aryl methyl sites for hydroxylation is 1. The molecule has 3 rings (SSSR count). The maximum Gasteiger partial charge on any atom is 0.387 e. The third kappa shape index (κ3) is 8.80. The van der Waals surface area contributed by atoms with Crippen LogP contribution in [0.5, 0.6) is 5.75 Å². The molecular weight excluding hydrogens is 570 g/mol. The summed E-state index contributed by atoms with van der Waals surface area (Å²) in [4.78, 5) is 18.8. The van der Waals surface area contributed by atoms with Crippen LogP contribution < -0.4 is 20.3 Å². The maximum absolute atomic E-state index is 13.3. The first-order valence-electron chi connectivity index (χ1n) is 13.1. The van der Waals surface area contributed by atoms with E-state index in [1.165, 1.54) is 21.8 Å². The van der Waals surface area contributed by atoms with Crippen molar-refractivity contribution in [1.29, 1.82) is 0 Å². The van der Waals surface area contributed by atoms with Crippen LogP contribution in [-0.4, -0.2) is 59.4 Å². The molecule has 0 unspecified atom stereocenters. The summed E-state index contributed by atoms with van der Waals surface area (Å²) in [5.74, 6) is -0.796. The molecule has 0 spiro atoms. The number of nitrogens with zero attached hydrogens (tertiary/aromatic N) is 3. The van der Waals surface area contributed by atoms with Crippen LogP contribution in [0.15, 0.2) is 12.3 Å². The minimum atomic E-state index is -3.76. The molecule has 0 aliphatic heterocycles. The minimum absolute atomic E-state index is 0.00967. The molecule has 1 aliphatic carbocycles. The van der Waals surface area contributed by atoms with Crippen molar-refractivity contribution < 1.29 is 31.9 Å². The average Bonchev–Trinajstić information content (AvgIpc) is 3.21. The largest absolute Gasteiger partial charge is 0.434 e. The van der Waals surface area contributed by atoms with Gasteiger partial charge in [-0.3, -0.25) is 19.8 Å². The van der Waals surface area contributed by atoms with Gasteiger partial charge in [0.1, 0.15) is 11.6 Å². The molecule has 0 atom stereocenters. The van der Waals surface area contributed by atoms with Crippen molar-refractivity contribution in [1.82, 2.24) is 30.3 Å². The third-order valence-corrected chi connectivity index (χ3v) is 7.80. The van der Waals surface area contributed by atoms with E-state index >= 15 is 0 Å². The van der Waals surface area contributed by atoms with E-state index in [0.29, 0.717) is 38.0 Å². The first-order valence-corrected chi connectivity index (χ1v) is 15.1. The number of pyridine rings is 1. The number of carbonyl (C=O) groups excluding carboxylic acids is 1. The second kappa shape index (κ2) is 13.5. The zero-order valence-electron chi connectivity index (χ0n) is 23.0. The van der Waals surface area contributed by atoms with Crippen LogP contribution >= 0.6 is 11.6 Å². The van der Waals surface area contributed by atoms with Gasteiger partial charge in [-0.2, -0.15) is 13.9 Å². The highest BCUT2D eigenvalue weighted by atomic mass is 35.5. The first kappa shape index (κ1) is 32.1. The number of alkyl halides is 2. The Morgan fingerprint density at radius 2 is 1.95 bits per heavy atom. The van der Waals surface area contributed by atoms with Crippen molar-refractivity contribution in [2.45, 2.75) is 79.0 Å². The molecule has 1 amide bonds. The number of carbonyl (C=O) groups is 1. The van der Waals surface area contributed by atoms with Gasteiger partial charge in [0.2, 0.25) is 10.0 Å². The predicted molar refractivity (Wildman–Crippen MR) is 146 cm³/mol. The molecule has 0 aromatic carbocycles. The topological polar surface area (TPSA) is 147 Å². The van der Waals surface area contributed by atoms with Crippen molar-refractivity contribution >= 4 is 27.5 Å². The molecule has 40 heavy (non-hydrogen) atoms. The number of hydrogen-bond donors (Lipinski definition) is 4. The van der Waals surface area contributed by atoms with Crippen LogP contribution in [0.1, 0.15) is 69.6 Å². The zero-order valence-corrected chi connectivity index (χ0v) is 24.6. The normalized spacial score (nSPS) is 18.2. The van der Waals surface area contributed by atoms with E-state index in [-0.39, 0.29) is 51.0 Å². The molecule has 4 N–H and O–H groups in total. The van der Waals surface area contributed by atoms with Crippen LogP contribution in [0.4, 0.5) is 8.78 Å². The van der Waals surface area contributed by atoms with Gasteiger partial charge >= 0.3 is 6.61 Å². The standard InChI is InChI=1S/C25H37ClF2N6O5S/c1-5-34-22(18-13-29-17(11-25(2,3)4)10-19(18)39-24(27)28)20(26)21(32-34)23(35)30-12-15-6-8-16(9-7-15)31-14-40(37,38)33-36/h10,13,15-16,24,31,33,36H,5-9,11-12,14H2,1-4H3,(H,30,35). The van der Waals surface area contributed by atoms with Gasteiger partial charge < -0.3 is 15.3 Å². The Morgan fingerprint density at radius 1 is 1.27 bits per heavy atom. The summed E-state index contributed by atoms with van der Waals surface area (Å²) in [6, 6.07) is 1.46. The molecule has 1 fully saturated rings. The molecule has 2 heterocycles. The lowest BCUT2D eigenvalue weighted by Gasteiger charge is -2.29. The molecule has 2 aromatic heterocycles. The SMILES string of the molecule is CCn1nc(C(=O)NCC2CCC(NCS(=O)(=O)NO)CC2)c(Cl)c1-c1cnc(CC(C)(C)C)cc1OC(F)F. The van der Waals surface area contributed by atoms with Crippen molar-refractivity contribution in [2.75, 3.05) is 12.4 Å². The number of hydrogen-bond acceptors (Lipinski definition) is 8. The number of sulfonamides is 1. The van der Waals surface area contributed by atoms with Gasteiger partial charge in [0.15, 0.2) is 5.69 Å². The van der Waals surface area contributed by atoms with Crippen molar-refractivity contribution in [3.05, 3.63) is 28.7 Å². The van der Waals surface area contributed by atoms with Gasteiger partial charge in [0.05, 0.1) is 16.3 Å². The molecule has 1 aliphatic rings. The van der Waals surface area contributed by atoms with Gasteiger partial charge in [0, 0.05) is 37.1 Å². The van der Waals surface area contributed by atoms with E-state index in [9.17, 15) is 22.0 Å². The molecule has 224 valence electrons. The predicted octanol–water partition coefficient (Wildman–Crippen LogP) is 3.95. The fraction of sp³-hybridized carbons (Fsp3) is 0.640. The smallest absolute Gasteiger partial charge is 0.387 e. The van der Waals surface area contributed by atoms with E-state index in [1.807, 2.05) is 20.8 Å². The Hall–Kier alpha value is -2.39. The number of amides is 1. The summed E-state index contributed by atoms with van der Waals surface area (Å²) in [6.07, 6.45) is 4.90. The summed E-state index contributed by atoms with van der Waals surface area (Å²) >= 11 is 6.62. The molecule has 15 heteroatoms. The van der Waals surface area contributed by atoms with Gasteiger partial charge in [-0.15, -0.1) is 0 Å². The third-order valence-electron chi connectivity index (χ3n) is 6.61. The number of rotatable bonds is 12. The Balaban J connectivity index is 1.72. The van der Waals surface area contributed by atoms with Gasteiger partial charge in [-0.1, -0.05) is 37.3 Å². The van der Waals surface area contributed by atoms with Crippen LogP contribution in [0.3, 0.4) is 0 Å². The lowest BCUT2D eigenvalue weighted by molar-refractivity contribution is -0.0495. The number of halogens is 3. The lowest BCUT2D eigenvalue weighted by Crippen LogP contribution is -2.41. The summed E-state index contributed by atoms with van der Waals surface area (Å²) in [5.41, 5.74) is 0.898. The molecule has 0 saturated heterocycles. The van der Waals surface area contributed by atoms with E-state index < -0.39 is 22.5 Å². The monoisotopic (exact) mass is 606 g/mol. The van der Waals surface area contributed by atoms with Gasteiger partial charge in [0.25, 0.3) is 5.91 Å². The van der Waals surface area contributed by atoms with Crippen LogP contribution in [0.25, 0.3) is 11.3 Å². The van der Waals surface area contributed by atoms with E-state index in [4.69, 9.17) is 21.5 Å². The highest BCUT2D eigenvalue weighted by molar-refractivity contribution is 7.89. The second-order valence-corrected chi connectivity index (χ2v) is 13.2. The fourth-order valence-electron chi connectivity index (χ4n) is 4.71. The minimum Gasteiger partial charge on any atom is -0.434 e. The van der Waals surface area contributed by atoms with Gasteiger partial charge in [-0.25, -0.2) is 8.42 Å². The Kier molecular flexibility index (Phi) is 10.9. The summed E-state index contributed by atoms with van der Waals surface area (Å²) < 4.78 is 55.7. The van der Waals surface area contributed by atoms with E-state index in [1.54, 1.807) is 6.92 Å². The lowest BCUT2D eigenvalue weighted by atomic mass is 9.86. The van der Waals surface area contributed by atoms with Crippen LogP contribution in [0.2, 0.25) is 5.02 Å². The van der Waals surface area contributed by atoms with Gasteiger partial charge in [-0.05, 0) is 50.4 Å². The maximum atomic E-state index is 13.3. The summed E-state index contributed by atoms with van der Waals surface area (Å²) in [6.45, 7) is 5.44. The van der Waals surface area contributed by atoms with Crippen LogP contribution in [-0.2, 0) is 23.0 Å². The van der Waals surface area contributed by atoms with Crippen molar-refractivity contribution in [2.24, 2.45) is 11.3 Å². The number of aromatic nitrogens is 3. The van der Waals surface area contributed by atoms with Crippen LogP contribution in [0, 0.1) is 11.3 Å².